The zero-order valence-electron chi connectivity index (χ0n) is 13.7. The Balaban J connectivity index is 1.64. The van der Waals surface area contributed by atoms with Crippen LogP contribution in [-0.4, -0.2) is 22.5 Å². The Morgan fingerprint density at radius 3 is 2.77 bits per heavy atom. The first-order valence-electron chi connectivity index (χ1n) is 8.23. The van der Waals surface area contributed by atoms with Crippen molar-refractivity contribution in [3.8, 4) is 5.75 Å². The number of aryl methyl sites for hydroxylation is 2. The maximum atomic E-state index is 12.8. The fraction of sp³-hybridized carbons (Fsp3) is 0.278. The summed E-state index contributed by atoms with van der Waals surface area (Å²) < 4.78 is 29.8. The van der Waals surface area contributed by atoms with Crippen molar-refractivity contribution in [2.24, 2.45) is 5.10 Å². The molecule has 134 valence electrons. The van der Waals surface area contributed by atoms with Crippen LogP contribution in [0, 0.1) is 0 Å². The van der Waals surface area contributed by atoms with Crippen LogP contribution in [0.3, 0.4) is 0 Å². The van der Waals surface area contributed by atoms with Crippen molar-refractivity contribution in [2.75, 3.05) is 0 Å². The highest BCUT2D eigenvalue weighted by Crippen LogP contribution is 2.33. The molecule has 1 aliphatic carbocycles. The number of thiophene rings is 1. The van der Waals surface area contributed by atoms with Crippen molar-refractivity contribution >= 4 is 27.8 Å². The van der Waals surface area contributed by atoms with E-state index >= 15 is 0 Å². The number of benzene rings is 1. The normalized spacial score (nSPS) is 14.3. The van der Waals surface area contributed by atoms with Gasteiger partial charge in [-0.15, -0.1) is 11.3 Å². The molecule has 0 saturated carbocycles. The summed E-state index contributed by atoms with van der Waals surface area (Å²) in [6.45, 7) is -2.86. The predicted molar refractivity (Wildman–Crippen MR) is 96.6 cm³/mol. The second-order valence-electron chi connectivity index (χ2n) is 5.98. The Morgan fingerprint density at radius 1 is 1.23 bits per heavy atom. The second-order valence-corrected chi connectivity index (χ2v) is 7.06. The van der Waals surface area contributed by atoms with Gasteiger partial charge in [0, 0.05) is 4.88 Å². The van der Waals surface area contributed by atoms with E-state index in [1.807, 2.05) is 0 Å². The summed E-state index contributed by atoms with van der Waals surface area (Å²) >= 11 is 1.59. The van der Waals surface area contributed by atoms with Gasteiger partial charge in [0.25, 0.3) is 5.56 Å². The molecule has 0 unspecified atom stereocenters. The summed E-state index contributed by atoms with van der Waals surface area (Å²) in [7, 11) is 0. The van der Waals surface area contributed by atoms with Crippen LogP contribution in [0.4, 0.5) is 8.78 Å². The van der Waals surface area contributed by atoms with Gasteiger partial charge in [0.15, 0.2) is 0 Å². The molecule has 2 heterocycles. The van der Waals surface area contributed by atoms with E-state index in [9.17, 15) is 13.6 Å². The van der Waals surface area contributed by atoms with Crippen molar-refractivity contribution in [1.82, 2.24) is 9.66 Å². The third kappa shape index (κ3) is 3.24. The van der Waals surface area contributed by atoms with E-state index in [0.717, 1.165) is 36.1 Å². The van der Waals surface area contributed by atoms with E-state index in [2.05, 4.69) is 14.8 Å². The minimum Gasteiger partial charge on any atom is -0.435 e. The number of hydrogen-bond acceptors (Lipinski definition) is 5. The molecular formula is C18H15F2N3O2S. The van der Waals surface area contributed by atoms with Crippen molar-refractivity contribution in [2.45, 2.75) is 32.3 Å². The molecular weight excluding hydrogens is 360 g/mol. The van der Waals surface area contributed by atoms with Crippen LogP contribution in [0.2, 0.25) is 0 Å². The molecule has 0 aliphatic heterocycles. The highest BCUT2D eigenvalue weighted by Gasteiger charge is 2.19. The number of hydrogen-bond donors (Lipinski definition) is 0. The SMILES string of the molecule is O=c1c2c3c(sc2ncn1/N=C\c1ccc(OC(F)F)cc1)CCCC3. The summed E-state index contributed by atoms with van der Waals surface area (Å²) in [5, 5.41) is 4.85. The highest BCUT2D eigenvalue weighted by atomic mass is 32.1. The minimum atomic E-state index is -2.86. The summed E-state index contributed by atoms with van der Waals surface area (Å²) in [5.41, 5.74) is 1.60. The van der Waals surface area contributed by atoms with Crippen LogP contribution in [0.5, 0.6) is 5.75 Å². The van der Waals surface area contributed by atoms with Gasteiger partial charge >= 0.3 is 6.61 Å². The average Bonchev–Trinajstić information content (AvgIpc) is 3.01. The Bertz CT molecular complexity index is 1030. The predicted octanol–water partition coefficient (Wildman–Crippen LogP) is 3.82. The lowest BCUT2D eigenvalue weighted by molar-refractivity contribution is -0.0498. The molecule has 0 saturated heterocycles. The number of fused-ring (bicyclic) bond motifs is 3. The monoisotopic (exact) mass is 375 g/mol. The number of nitrogens with zero attached hydrogens (tertiary/aromatic N) is 3. The van der Waals surface area contributed by atoms with Crippen molar-refractivity contribution in [3.05, 3.63) is 57.0 Å². The summed E-state index contributed by atoms with van der Waals surface area (Å²) in [4.78, 5) is 19.2. The minimum absolute atomic E-state index is 0.0716. The molecule has 0 fully saturated rings. The van der Waals surface area contributed by atoms with Gasteiger partial charge in [-0.3, -0.25) is 4.79 Å². The van der Waals surface area contributed by atoms with Crippen molar-refractivity contribution in [1.29, 1.82) is 0 Å². The molecule has 0 atom stereocenters. The van der Waals surface area contributed by atoms with Crippen LogP contribution in [0.15, 0.2) is 40.5 Å². The molecule has 4 rings (SSSR count). The second kappa shape index (κ2) is 6.95. The molecule has 0 radical (unpaired) electrons. The molecule has 0 amide bonds. The smallest absolute Gasteiger partial charge is 0.387 e. The van der Waals surface area contributed by atoms with Gasteiger partial charge in [0.2, 0.25) is 0 Å². The number of halogens is 2. The first-order valence-corrected chi connectivity index (χ1v) is 9.04. The van der Waals surface area contributed by atoms with Crippen LogP contribution in [0.1, 0.15) is 28.8 Å². The molecule has 2 aromatic heterocycles. The third-order valence-electron chi connectivity index (χ3n) is 4.30. The van der Waals surface area contributed by atoms with E-state index < -0.39 is 6.61 Å². The van der Waals surface area contributed by atoms with E-state index in [1.165, 1.54) is 34.2 Å². The quantitative estimate of drug-likeness (QED) is 0.652. The van der Waals surface area contributed by atoms with Gasteiger partial charge in [-0.05, 0) is 61.1 Å². The topological polar surface area (TPSA) is 56.5 Å². The largest absolute Gasteiger partial charge is 0.435 e. The number of alkyl halides is 2. The lowest BCUT2D eigenvalue weighted by Crippen LogP contribution is -2.18. The fourth-order valence-corrected chi connectivity index (χ4v) is 4.30. The first-order chi connectivity index (χ1) is 12.6. The Morgan fingerprint density at radius 2 is 2.00 bits per heavy atom. The van der Waals surface area contributed by atoms with Gasteiger partial charge in [0.1, 0.15) is 16.9 Å². The number of rotatable bonds is 4. The van der Waals surface area contributed by atoms with Gasteiger partial charge in [-0.25, -0.2) is 4.98 Å². The highest BCUT2D eigenvalue weighted by molar-refractivity contribution is 7.18. The first kappa shape index (κ1) is 16.8. The lowest BCUT2D eigenvalue weighted by Gasteiger charge is -2.09. The Kier molecular flexibility index (Phi) is 4.50. The number of aromatic nitrogens is 2. The van der Waals surface area contributed by atoms with E-state index in [-0.39, 0.29) is 11.3 Å². The summed E-state index contributed by atoms with van der Waals surface area (Å²) in [5.74, 6) is 0.0716. The maximum absolute atomic E-state index is 12.8. The Labute approximate surface area is 151 Å². The molecule has 5 nitrogen and oxygen atoms in total. The van der Waals surface area contributed by atoms with Crippen LogP contribution >= 0.6 is 11.3 Å². The molecule has 8 heteroatoms. The molecule has 0 bridgehead atoms. The fourth-order valence-electron chi connectivity index (χ4n) is 3.08. The van der Waals surface area contributed by atoms with Gasteiger partial charge in [-0.2, -0.15) is 18.6 Å². The zero-order chi connectivity index (χ0) is 18.1. The van der Waals surface area contributed by atoms with Gasteiger partial charge < -0.3 is 4.74 Å². The molecule has 1 aromatic carbocycles. The molecule has 0 N–H and O–H groups in total. The number of ether oxygens (including phenoxy) is 1. The summed E-state index contributed by atoms with van der Waals surface area (Å²) in [6.07, 6.45) is 7.05. The van der Waals surface area contributed by atoms with Crippen LogP contribution in [-0.2, 0) is 12.8 Å². The van der Waals surface area contributed by atoms with Crippen molar-refractivity contribution < 1.29 is 13.5 Å². The molecule has 1 aliphatic rings. The average molecular weight is 375 g/mol. The van der Waals surface area contributed by atoms with Crippen LogP contribution in [0.25, 0.3) is 10.2 Å². The standard InChI is InChI=1S/C18H15F2N3O2S/c19-18(20)25-12-7-5-11(6-8-12)9-22-23-10-21-16-15(17(23)24)13-3-1-2-4-14(13)26-16/h5-10,18H,1-4H2/b22-9-. The van der Waals surface area contributed by atoms with Crippen LogP contribution < -0.4 is 10.3 Å². The van der Waals surface area contributed by atoms with Crippen molar-refractivity contribution in [3.63, 3.8) is 0 Å². The maximum Gasteiger partial charge on any atom is 0.387 e. The van der Waals surface area contributed by atoms with E-state index in [4.69, 9.17) is 0 Å². The Hall–Kier alpha value is -2.61. The van der Waals surface area contributed by atoms with E-state index in [1.54, 1.807) is 23.5 Å². The lowest BCUT2D eigenvalue weighted by atomic mass is 9.97. The van der Waals surface area contributed by atoms with Gasteiger partial charge in [-0.1, -0.05) is 0 Å². The summed E-state index contributed by atoms with van der Waals surface area (Å²) in [6, 6.07) is 6.02. The molecule has 3 aromatic rings. The van der Waals surface area contributed by atoms with E-state index in [0.29, 0.717) is 10.9 Å². The third-order valence-corrected chi connectivity index (χ3v) is 5.50. The molecule has 26 heavy (non-hydrogen) atoms. The molecule has 0 spiro atoms. The zero-order valence-corrected chi connectivity index (χ0v) is 14.5. The van der Waals surface area contributed by atoms with Gasteiger partial charge in [0.05, 0.1) is 11.6 Å².